The van der Waals surface area contributed by atoms with Crippen LogP contribution >= 0.6 is 0 Å². The van der Waals surface area contributed by atoms with Crippen molar-refractivity contribution in [3.63, 3.8) is 0 Å². The largest absolute Gasteiger partial charge is 0.359 e. The zero-order valence-electron chi connectivity index (χ0n) is 7.95. The monoisotopic (exact) mass is 199 g/mol. The van der Waals surface area contributed by atoms with Gasteiger partial charge in [-0.05, 0) is 12.1 Å². The average molecular weight is 199 g/mol. The summed E-state index contributed by atoms with van der Waals surface area (Å²) in [5.41, 5.74) is 2.27. The van der Waals surface area contributed by atoms with E-state index in [9.17, 15) is 4.79 Å². The number of aliphatic imine (C=N–C) groups is 1. The number of hydrogen-bond acceptors (Lipinski definition) is 2. The molecule has 4 nitrogen and oxygen atoms in total. The van der Waals surface area contributed by atoms with E-state index < -0.39 is 0 Å². The summed E-state index contributed by atoms with van der Waals surface area (Å²) in [5.74, 6) is -0.0704. The molecule has 0 saturated heterocycles. The Hall–Kier alpha value is -2.10. The first kappa shape index (κ1) is 8.23. The molecule has 4 heteroatoms. The van der Waals surface area contributed by atoms with Crippen LogP contribution in [0.4, 0.5) is 5.69 Å². The lowest BCUT2D eigenvalue weighted by Crippen LogP contribution is -2.23. The predicted octanol–water partition coefficient (Wildman–Crippen LogP) is 1.61. The van der Waals surface area contributed by atoms with Gasteiger partial charge in [0.25, 0.3) is 5.91 Å². The van der Waals surface area contributed by atoms with E-state index in [2.05, 4.69) is 15.3 Å². The highest BCUT2D eigenvalue weighted by Crippen LogP contribution is 2.29. The van der Waals surface area contributed by atoms with Crippen molar-refractivity contribution in [2.24, 2.45) is 4.99 Å². The third kappa shape index (κ3) is 1.15. The minimum atomic E-state index is -0.0704. The molecular formula is C11H9N3O. The maximum absolute atomic E-state index is 11.7. The van der Waals surface area contributed by atoms with Crippen LogP contribution in [0.15, 0.2) is 29.4 Å². The van der Waals surface area contributed by atoms with Crippen LogP contribution in [-0.2, 0) is 0 Å². The molecule has 15 heavy (non-hydrogen) atoms. The van der Waals surface area contributed by atoms with Gasteiger partial charge < -0.3 is 10.3 Å². The second kappa shape index (κ2) is 2.95. The molecule has 3 rings (SSSR count). The number of rotatable bonds is 0. The summed E-state index contributed by atoms with van der Waals surface area (Å²) in [7, 11) is 0. The Labute approximate surface area is 86.0 Å². The van der Waals surface area contributed by atoms with Crippen LogP contribution < -0.4 is 5.32 Å². The number of aromatic amines is 1. The second-order valence-electron chi connectivity index (χ2n) is 3.43. The standard InChI is InChI=1S/C11H9N3O/c15-11-8-2-1-7-3-4-12-9(7)10(8)13-5-6-14-11/h1-5,12H,6H2,(H,14,15). The average Bonchev–Trinajstić information content (AvgIpc) is 2.64. The summed E-state index contributed by atoms with van der Waals surface area (Å²) in [4.78, 5) is 19.1. The van der Waals surface area contributed by atoms with E-state index in [1.54, 1.807) is 6.21 Å². The predicted molar refractivity (Wildman–Crippen MR) is 58.8 cm³/mol. The van der Waals surface area contributed by atoms with Crippen molar-refractivity contribution in [3.05, 3.63) is 30.0 Å². The Balaban J connectivity index is 2.39. The SMILES string of the molecule is O=C1NCC=Nc2c1ccc1cc[nH]c21. The lowest BCUT2D eigenvalue weighted by atomic mass is 10.1. The Morgan fingerprint density at radius 1 is 1.27 bits per heavy atom. The lowest BCUT2D eigenvalue weighted by Gasteiger charge is -2.03. The molecule has 0 bridgehead atoms. The van der Waals surface area contributed by atoms with Crippen molar-refractivity contribution in [1.82, 2.24) is 10.3 Å². The van der Waals surface area contributed by atoms with Crippen molar-refractivity contribution >= 4 is 28.7 Å². The minimum absolute atomic E-state index is 0.0704. The van der Waals surface area contributed by atoms with Gasteiger partial charge in [0.15, 0.2) is 0 Å². The smallest absolute Gasteiger partial charge is 0.253 e. The van der Waals surface area contributed by atoms with Gasteiger partial charge in [0.2, 0.25) is 0 Å². The van der Waals surface area contributed by atoms with Gasteiger partial charge in [-0.1, -0.05) is 6.07 Å². The molecule has 0 atom stereocenters. The highest BCUT2D eigenvalue weighted by molar-refractivity contribution is 6.08. The van der Waals surface area contributed by atoms with Crippen LogP contribution in [0.1, 0.15) is 10.4 Å². The Morgan fingerprint density at radius 2 is 2.20 bits per heavy atom. The Bertz CT molecular complexity index is 568. The van der Waals surface area contributed by atoms with Crippen molar-refractivity contribution in [1.29, 1.82) is 0 Å². The first-order valence-corrected chi connectivity index (χ1v) is 4.77. The number of hydrogen-bond donors (Lipinski definition) is 2. The third-order valence-electron chi connectivity index (χ3n) is 2.52. The van der Waals surface area contributed by atoms with Crippen molar-refractivity contribution < 1.29 is 4.79 Å². The fourth-order valence-electron chi connectivity index (χ4n) is 1.80. The molecule has 0 radical (unpaired) electrons. The number of benzene rings is 1. The van der Waals surface area contributed by atoms with Crippen LogP contribution in [0.2, 0.25) is 0 Å². The van der Waals surface area contributed by atoms with Gasteiger partial charge in [0.05, 0.1) is 23.3 Å². The summed E-state index contributed by atoms with van der Waals surface area (Å²) in [6.07, 6.45) is 3.56. The molecule has 2 aromatic rings. The fourth-order valence-corrected chi connectivity index (χ4v) is 1.80. The molecule has 0 unspecified atom stereocenters. The van der Waals surface area contributed by atoms with Crippen LogP contribution in [-0.4, -0.2) is 23.7 Å². The summed E-state index contributed by atoms with van der Waals surface area (Å²) in [6, 6.07) is 5.70. The zero-order valence-corrected chi connectivity index (χ0v) is 7.95. The van der Waals surface area contributed by atoms with E-state index in [4.69, 9.17) is 0 Å². The molecule has 1 aliphatic rings. The van der Waals surface area contributed by atoms with Gasteiger partial charge in [-0.15, -0.1) is 0 Å². The molecular weight excluding hydrogens is 190 g/mol. The first-order chi connectivity index (χ1) is 7.36. The van der Waals surface area contributed by atoms with Crippen molar-refractivity contribution in [3.8, 4) is 0 Å². The van der Waals surface area contributed by atoms with E-state index in [1.807, 2.05) is 24.4 Å². The quantitative estimate of drug-likeness (QED) is 0.665. The Morgan fingerprint density at radius 3 is 3.13 bits per heavy atom. The van der Waals surface area contributed by atoms with E-state index >= 15 is 0 Å². The molecule has 1 aromatic carbocycles. The van der Waals surface area contributed by atoms with Gasteiger partial charge in [0, 0.05) is 17.8 Å². The topological polar surface area (TPSA) is 57.2 Å². The molecule has 1 amide bonds. The number of fused-ring (bicyclic) bond motifs is 3. The third-order valence-corrected chi connectivity index (χ3v) is 2.52. The molecule has 2 N–H and O–H groups in total. The maximum atomic E-state index is 11.7. The summed E-state index contributed by atoms with van der Waals surface area (Å²) < 4.78 is 0. The van der Waals surface area contributed by atoms with Crippen LogP contribution in [0.3, 0.4) is 0 Å². The molecule has 0 aliphatic carbocycles. The lowest BCUT2D eigenvalue weighted by molar-refractivity contribution is 0.0961. The number of nitrogens with one attached hydrogen (secondary N) is 2. The van der Waals surface area contributed by atoms with Crippen molar-refractivity contribution in [2.45, 2.75) is 0 Å². The van der Waals surface area contributed by atoms with E-state index in [0.717, 1.165) is 16.6 Å². The number of aromatic nitrogens is 1. The van der Waals surface area contributed by atoms with Gasteiger partial charge >= 0.3 is 0 Å². The van der Waals surface area contributed by atoms with E-state index in [0.29, 0.717) is 12.1 Å². The zero-order chi connectivity index (χ0) is 10.3. The van der Waals surface area contributed by atoms with Crippen molar-refractivity contribution in [2.75, 3.05) is 6.54 Å². The maximum Gasteiger partial charge on any atom is 0.253 e. The first-order valence-electron chi connectivity index (χ1n) is 4.77. The van der Waals surface area contributed by atoms with Crippen LogP contribution in [0, 0.1) is 0 Å². The normalized spacial score (nSPS) is 14.8. The number of H-pyrrole nitrogens is 1. The molecule has 0 fully saturated rings. The molecule has 0 saturated carbocycles. The summed E-state index contributed by atoms with van der Waals surface area (Å²) >= 11 is 0. The molecule has 2 heterocycles. The summed E-state index contributed by atoms with van der Waals surface area (Å²) in [6.45, 7) is 0.482. The molecule has 74 valence electrons. The molecule has 0 spiro atoms. The van der Waals surface area contributed by atoms with Gasteiger partial charge in [-0.25, -0.2) is 0 Å². The number of nitrogens with zero attached hydrogens (tertiary/aromatic N) is 1. The number of carbonyl (C=O) groups is 1. The van der Waals surface area contributed by atoms with Gasteiger partial charge in [0.1, 0.15) is 0 Å². The van der Waals surface area contributed by atoms with Gasteiger partial charge in [-0.3, -0.25) is 9.79 Å². The highest BCUT2D eigenvalue weighted by atomic mass is 16.1. The van der Waals surface area contributed by atoms with E-state index in [1.165, 1.54) is 0 Å². The second-order valence-corrected chi connectivity index (χ2v) is 3.43. The van der Waals surface area contributed by atoms with Crippen LogP contribution in [0.25, 0.3) is 10.9 Å². The van der Waals surface area contributed by atoms with Gasteiger partial charge in [-0.2, -0.15) is 0 Å². The number of carbonyl (C=O) groups excluding carboxylic acids is 1. The van der Waals surface area contributed by atoms with E-state index in [-0.39, 0.29) is 5.91 Å². The highest BCUT2D eigenvalue weighted by Gasteiger charge is 2.15. The fraction of sp³-hybridized carbons (Fsp3) is 0.0909. The Kier molecular flexibility index (Phi) is 1.62. The minimum Gasteiger partial charge on any atom is -0.359 e. The van der Waals surface area contributed by atoms with Crippen LogP contribution in [0.5, 0.6) is 0 Å². The molecule has 1 aromatic heterocycles. The summed E-state index contributed by atoms with van der Waals surface area (Å²) in [5, 5.41) is 3.83. The number of amides is 1. The molecule has 1 aliphatic heterocycles.